The highest BCUT2D eigenvalue weighted by Crippen LogP contribution is 2.07. The molecule has 0 fully saturated rings. The molecule has 0 spiro atoms. The Labute approximate surface area is 74.5 Å². The second-order valence-corrected chi connectivity index (χ2v) is 3.18. The lowest BCUT2D eigenvalue weighted by atomic mass is 10.2. The number of aromatic hydroxyl groups is 1. The fraction of sp³-hybridized carbons (Fsp3) is 0.400. The Kier molecular flexibility index (Phi) is 5.13. The number of nitrogens with zero attached hydrogens (tertiary/aromatic N) is 1. The summed E-state index contributed by atoms with van der Waals surface area (Å²) in [5.74, 6) is 0.329. The van der Waals surface area contributed by atoms with Crippen LogP contribution in [-0.2, 0) is 0 Å². The van der Waals surface area contributed by atoms with Crippen molar-refractivity contribution in [1.29, 1.82) is 0 Å². The van der Waals surface area contributed by atoms with Crippen LogP contribution in [0.15, 0.2) is 24.3 Å². The van der Waals surface area contributed by atoms with Crippen molar-refractivity contribution in [2.45, 2.75) is 6.92 Å². The molecule has 12 heavy (non-hydrogen) atoms. The van der Waals surface area contributed by atoms with Gasteiger partial charge in [0.05, 0.1) is 0 Å². The molecule has 68 valence electrons. The standard InChI is InChI=1S/C7H8O.C3H9N/c1-6-2-4-7(8)5-3-6;1-4(2)3/h2-5,8H,1H3;1-3H3. The minimum absolute atomic E-state index is 0.329. The molecule has 1 N–H and O–H groups in total. The van der Waals surface area contributed by atoms with Crippen LogP contribution in [0.1, 0.15) is 5.56 Å². The highest BCUT2D eigenvalue weighted by Gasteiger charge is 1.82. The minimum Gasteiger partial charge on any atom is -0.508 e. The molecule has 0 aliphatic rings. The summed E-state index contributed by atoms with van der Waals surface area (Å²) in [7, 11) is 6.00. The number of phenols is 1. The maximum Gasteiger partial charge on any atom is 0.115 e. The number of aryl methyl sites for hydroxylation is 1. The highest BCUT2D eigenvalue weighted by molar-refractivity contribution is 5.24. The second kappa shape index (κ2) is 5.61. The maximum atomic E-state index is 8.76. The summed E-state index contributed by atoms with van der Waals surface area (Å²) in [5.41, 5.74) is 1.17. The van der Waals surface area contributed by atoms with Crippen LogP contribution in [0.2, 0.25) is 0 Å². The summed E-state index contributed by atoms with van der Waals surface area (Å²) in [6.45, 7) is 1.99. The first-order valence-electron chi connectivity index (χ1n) is 3.89. The van der Waals surface area contributed by atoms with Crippen LogP contribution >= 0.6 is 0 Å². The van der Waals surface area contributed by atoms with E-state index in [-0.39, 0.29) is 0 Å². The van der Waals surface area contributed by atoms with Gasteiger partial charge in [-0.1, -0.05) is 17.7 Å². The number of hydrogen-bond acceptors (Lipinski definition) is 2. The zero-order valence-corrected chi connectivity index (χ0v) is 8.20. The molecule has 0 unspecified atom stereocenters. The minimum atomic E-state index is 0.329. The first-order valence-corrected chi connectivity index (χ1v) is 3.89. The molecule has 1 aromatic carbocycles. The lowest BCUT2D eigenvalue weighted by Crippen LogP contribution is -1.99. The lowest BCUT2D eigenvalue weighted by molar-refractivity contribution is 0.475. The van der Waals surface area contributed by atoms with E-state index in [4.69, 9.17) is 5.11 Å². The first-order chi connectivity index (χ1) is 5.52. The summed E-state index contributed by atoms with van der Waals surface area (Å²) >= 11 is 0. The molecule has 1 rings (SSSR count). The van der Waals surface area contributed by atoms with E-state index in [2.05, 4.69) is 0 Å². The van der Waals surface area contributed by atoms with Crippen molar-refractivity contribution in [2.75, 3.05) is 21.1 Å². The maximum absolute atomic E-state index is 8.76. The lowest BCUT2D eigenvalue weighted by Gasteiger charge is -1.90. The summed E-state index contributed by atoms with van der Waals surface area (Å²) in [4.78, 5) is 2.00. The van der Waals surface area contributed by atoms with Crippen molar-refractivity contribution in [3.63, 3.8) is 0 Å². The number of rotatable bonds is 0. The summed E-state index contributed by atoms with van der Waals surface area (Å²) in [6, 6.07) is 7.09. The van der Waals surface area contributed by atoms with Gasteiger partial charge in [0.25, 0.3) is 0 Å². The third-order valence-electron chi connectivity index (χ3n) is 1.03. The van der Waals surface area contributed by atoms with E-state index < -0.39 is 0 Å². The molecule has 0 radical (unpaired) electrons. The summed E-state index contributed by atoms with van der Waals surface area (Å²) < 4.78 is 0. The van der Waals surface area contributed by atoms with Gasteiger partial charge < -0.3 is 10.0 Å². The van der Waals surface area contributed by atoms with Gasteiger partial charge in [0.2, 0.25) is 0 Å². The van der Waals surface area contributed by atoms with Crippen LogP contribution in [0.4, 0.5) is 0 Å². The van der Waals surface area contributed by atoms with E-state index in [9.17, 15) is 0 Å². The van der Waals surface area contributed by atoms with Gasteiger partial charge in [0, 0.05) is 0 Å². The molecule has 0 aliphatic heterocycles. The van der Waals surface area contributed by atoms with Crippen LogP contribution in [0, 0.1) is 6.92 Å². The highest BCUT2D eigenvalue weighted by atomic mass is 16.3. The normalized spacial score (nSPS) is 9.08. The first kappa shape index (κ1) is 11.0. The molecule has 0 saturated heterocycles. The van der Waals surface area contributed by atoms with E-state index in [1.165, 1.54) is 5.56 Å². The van der Waals surface area contributed by atoms with Crippen molar-refractivity contribution in [2.24, 2.45) is 0 Å². The fourth-order valence-electron chi connectivity index (χ4n) is 0.545. The number of phenolic OH excluding ortho intramolecular Hbond substituents is 1. The molecular formula is C10H17NO. The van der Waals surface area contributed by atoms with Crippen molar-refractivity contribution < 1.29 is 5.11 Å². The Morgan fingerprint density at radius 3 is 1.58 bits per heavy atom. The Morgan fingerprint density at radius 1 is 1.00 bits per heavy atom. The van der Waals surface area contributed by atoms with Gasteiger partial charge in [-0.25, -0.2) is 0 Å². The predicted octanol–water partition coefficient (Wildman–Crippen LogP) is 1.88. The average molecular weight is 167 g/mol. The predicted molar refractivity (Wildman–Crippen MR) is 52.5 cm³/mol. The summed E-state index contributed by atoms with van der Waals surface area (Å²) in [6.07, 6.45) is 0. The van der Waals surface area contributed by atoms with Gasteiger partial charge in [0.15, 0.2) is 0 Å². The molecule has 0 amide bonds. The molecule has 0 aromatic heterocycles. The molecule has 0 bridgehead atoms. The Bertz CT molecular complexity index is 180. The Balaban J connectivity index is 0.000000261. The Hall–Kier alpha value is -1.02. The SMILES string of the molecule is CN(C)C.Cc1ccc(O)cc1. The zero-order valence-electron chi connectivity index (χ0n) is 8.20. The van der Waals surface area contributed by atoms with Crippen molar-refractivity contribution in [1.82, 2.24) is 4.90 Å². The molecule has 0 aliphatic carbocycles. The van der Waals surface area contributed by atoms with Crippen molar-refractivity contribution in [3.05, 3.63) is 29.8 Å². The van der Waals surface area contributed by atoms with Gasteiger partial charge >= 0.3 is 0 Å². The van der Waals surface area contributed by atoms with E-state index >= 15 is 0 Å². The molecule has 2 nitrogen and oxygen atoms in total. The summed E-state index contributed by atoms with van der Waals surface area (Å²) in [5, 5.41) is 8.76. The molecule has 0 heterocycles. The smallest absolute Gasteiger partial charge is 0.115 e. The zero-order chi connectivity index (χ0) is 9.56. The third-order valence-corrected chi connectivity index (χ3v) is 1.03. The molecule has 0 saturated carbocycles. The molecule has 1 aromatic rings. The number of hydrogen-bond donors (Lipinski definition) is 1. The molecule has 2 heteroatoms. The van der Waals surface area contributed by atoms with Gasteiger partial charge in [-0.05, 0) is 40.2 Å². The van der Waals surface area contributed by atoms with Gasteiger partial charge in [-0.15, -0.1) is 0 Å². The largest absolute Gasteiger partial charge is 0.508 e. The van der Waals surface area contributed by atoms with E-state index in [0.29, 0.717) is 5.75 Å². The van der Waals surface area contributed by atoms with Crippen LogP contribution in [0.25, 0.3) is 0 Å². The van der Waals surface area contributed by atoms with Crippen LogP contribution in [-0.4, -0.2) is 31.1 Å². The van der Waals surface area contributed by atoms with Gasteiger partial charge in [-0.3, -0.25) is 0 Å². The van der Waals surface area contributed by atoms with Gasteiger partial charge in [-0.2, -0.15) is 0 Å². The third kappa shape index (κ3) is 7.09. The fourth-order valence-corrected chi connectivity index (χ4v) is 0.545. The Morgan fingerprint density at radius 2 is 1.33 bits per heavy atom. The van der Waals surface area contributed by atoms with E-state index in [1.807, 2.05) is 45.1 Å². The van der Waals surface area contributed by atoms with Gasteiger partial charge in [0.1, 0.15) is 5.75 Å². The van der Waals surface area contributed by atoms with Crippen LogP contribution in [0.5, 0.6) is 5.75 Å². The molecular weight excluding hydrogens is 150 g/mol. The van der Waals surface area contributed by atoms with Crippen LogP contribution in [0.3, 0.4) is 0 Å². The number of benzene rings is 1. The van der Waals surface area contributed by atoms with E-state index in [1.54, 1.807) is 12.1 Å². The van der Waals surface area contributed by atoms with Crippen molar-refractivity contribution >= 4 is 0 Å². The quantitative estimate of drug-likeness (QED) is 0.637. The average Bonchev–Trinajstić information content (AvgIpc) is 1.94. The second-order valence-electron chi connectivity index (χ2n) is 3.18. The van der Waals surface area contributed by atoms with Crippen LogP contribution < -0.4 is 0 Å². The van der Waals surface area contributed by atoms with E-state index in [0.717, 1.165) is 0 Å². The monoisotopic (exact) mass is 167 g/mol. The molecule has 0 atom stereocenters. The topological polar surface area (TPSA) is 23.5 Å². The van der Waals surface area contributed by atoms with Crippen molar-refractivity contribution in [3.8, 4) is 5.75 Å².